The predicted octanol–water partition coefficient (Wildman–Crippen LogP) is 3.39. The van der Waals surface area contributed by atoms with Gasteiger partial charge in [-0.05, 0) is 41.5 Å². The van der Waals surface area contributed by atoms with E-state index in [0.717, 1.165) is 4.90 Å². The van der Waals surface area contributed by atoms with Gasteiger partial charge in [0.25, 0.3) is 11.8 Å². The molecule has 0 bridgehead atoms. The average molecular weight is 374 g/mol. The van der Waals surface area contributed by atoms with Crippen LogP contribution >= 0.6 is 0 Å². The van der Waals surface area contributed by atoms with Gasteiger partial charge in [0, 0.05) is 11.1 Å². The largest absolute Gasteiger partial charge is 0.366 e. The molecule has 0 radical (unpaired) electrons. The normalized spacial score (nSPS) is 13.0. The van der Waals surface area contributed by atoms with Crippen LogP contribution < -0.4 is 5.73 Å². The van der Waals surface area contributed by atoms with E-state index in [1.165, 1.54) is 18.2 Å². The fourth-order valence-electron chi connectivity index (χ4n) is 3.27. The lowest BCUT2D eigenvalue weighted by molar-refractivity contribution is 0.0642. The summed E-state index contributed by atoms with van der Waals surface area (Å²) in [6.45, 7) is -0.00976. The molecule has 5 nitrogen and oxygen atoms in total. The molecule has 3 amide bonds. The van der Waals surface area contributed by atoms with E-state index in [4.69, 9.17) is 5.73 Å². The minimum absolute atomic E-state index is 0.00976. The number of fused-ring (bicyclic) bond motifs is 1. The van der Waals surface area contributed by atoms with Gasteiger partial charge in [0.1, 0.15) is 5.82 Å². The maximum Gasteiger partial charge on any atom is 0.261 e. The Labute approximate surface area is 160 Å². The Morgan fingerprint density at radius 3 is 2.00 bits per heavy atom. The minimum atomic E-state index is -0.552. The highest BCUT2D eigenvalue weighted by molar-refractivity contribution is 6.21. The van der Waals surface area contributed by atoms with Gasteiger partial charge in [-0.15, -0.1) is 0 Å². The van der Waals surface area contributed by atoms with Crippen LogP contribution in [0.3, 0.4) is 0 Å². The number of imide groups is 1. The number of carbonyl (C=O) groups is 3. The number of carbonyl (C=O) groups excluding carboxylic acids is 3. The van der Waals surface area contributed by atoms with Gasteiger partial charge in [-0.1, -0.05) is 36.4 Å². The summed E-state index contributed by atoms with van der Waals surface area (Å²) in [5, 5.41) is 0. The van der Waals surface area contributed by atoms with Gasteiger partial charge in [0.15, 0.2) is 0 Å². The molecule has 28 heavy (non-hydrogen) atoms. The van der Waals surface area contributed by atoms with Crippen LogP contribution in [0, 0.1) is 5.82 Å². The third-order valence-electron chi connectivity index (χ3n) is 4.73. The van der Waals surface area contributed by atoms with E-state index in [-0.39, 0.29) is 18.4 Å². The number of amides is 3. The second kappa shape index (κ2) is 6.74. The van der Waals surface area contributed by atoms with E-state index in [9.17, 15) is 18.8 Å². The number of rotatable bonds is 4. The van der Waals surface area contributed by atoms with Crippen LogP contribution in [0.25, 0.3) is 11.1 Å². The lowest BCUT2D eigenvalue weighted by atomic mass is 10.0. The van der Waals surface area contributed by atoms with Crippen LogP contribution in [-0.4, -0.2) is 22.6 Å². The number of nitrogens with two attached hydrogens (primary N) is 1. The van der Waals surface area contributed by atoms with Crippen molar-refractivity contribution in [3.63, 3.8) is 0 Å². The zero-order valence-corrected chi connectivity index (χ0v) is 14.7. The van der Waals surface area contributed by atoms with E-state index in [0.29, 0.717) is 33.4 Å². The zero-order valence-electron chi connectivity index (χ0n) is 14.7. The van der Waals surface area contributed by atoms with Crippen LogP contribution in [0.2, 0.25) is 0 Å². The highest BCUT2D eigenvalue weighted by Gasteiger charge is 2.35. The molecule has 2 N–H and O–H groups in total. The summed E-state index contributed by atoms with van der Waals surface area (Å²) in [5.41, 5.74) is 7.72. The van der Waals surface area contributed by atoms with Crippen molar-refractivity contribution in [2.45, 2.75) is 6.54 Å². The fourth-order valence-corrected chi connectivity index (χ4v) is 3.27. The van der Waals surface area contributed by atoms with Crippen LogP contribution in [0.5, 0.6) is 0 Å². The lowest BCUT2D eigenvalue weighted by Crippen LogP contribution is -2.29. The summed E-state index contributed by atoms with van der Waals surface area (Å²) >= 11 is 0. The molecule has 138 valence electrons. The van der Waals surface area contributed by atoms with E-state index >= 15 is 0 Å². The molecule has 3 aromatic rings. The topological polar surface area (TPSA) is 80.5 Å². The van der Waals surface area contributed by atoms with Gasteiger partial charge in [-0.25, -0.2) is 4.39 Å². The molecular formula is C22H15FN2O3. The molecular weight excluding hydrogens is 359 g/mol. The van der Waals surface area contributed by atoms with Crippen molar-refractivity contribution in [1.82, 2.24) is 4.90 Å². The van der Waals surface area contributed by atoms with Crippen LogP contribution in [0.4, 0.5) is 4.39 Å². The Morgan fingerprint density at radius 2 is 1.46 bits per heavy atom. The monoisotopic (exact) mass is 374 g/mol. The maximum absolute atomic E-state index is 14.6. The van der Waals surface area contributed by atoms with Gasteiger partial charge < -0.3 is 5.73 Å². The van der Waals surface area contributed by atoms with Crippen molar-refractivity contribution in [1.29, 1.82) is 0 Å². The summed E-state index contributed by atoms with van der Waals surface area (Å²) in [4.78, 5) is 37.2. The summed E-state index contributed by atoms with van der Waals surface area (Å²) < 4.78 is 14.6. The molecule has 1 heterocycles. The molecule has 0 aromatic heterocycles. The molecule has 1 aliphatic rings. The van der Waals surface area contributed by atoms with Crippen molar-refractivity contribution >= 4 is 17.7 Å². The third kappa shape index (κ3) is 2.95. The molecule has 0 aliphatic carbocycles. The van der Waals surface area contributed by atoms with Crippen molar-refractivity contribution in [3.8, 4) is 11.1 Å². The Kier molecular flexibility index (Phi) is 4.24. The second-order valence-electron chi connectivity index (χ2n) is 6.50. The molecule has 1 aliphatic heterocycles. The molecule has 0 spiro atoms. The SMILES string of the molecule is NC(=O)c1ccc(-c2ccc(CN3C(=O)c4ccccc4C3=O)cc2F)cc1. The highest BCUT2D eigenvalue weighted by atomic mass is 19.1. The average Bonchev–Trinajstić information content (AvgIpc) is 2.93. The van der Waals surface area contributed by atoms with Gasteiger partial charge >= 0.3 is 0 Å². The Balaban J connectivity index is 1.58. The summed E-state index contributed by atoms with van der Waals surface area (Å²) in [6.07, 6.45) is 0. The van der Waals surface area contributed by atoms with E-state index in [1.807, 2.05) is 0 Å². The first-order valence-corrected chi connectivity index (χ1v) is 8.59. The first-order valence-electron chi connectivity index (χ1n) is 8.59. The number of nitrogens with zero attached hydrogens (tertiary/aromatic N) is 1. The minimum Gasteiger partial charge on any atom is -0.366 e. The summed E-state index contributed by atoms with van der Waals surface area (Å²) in [6, 6.07) is 17.5. The summed E-state index contributed by atoms with van der Waals surface area (Å²) in [7, 11) is 0. The van der Waals surface area contributed by atoms with Gasteiger partial charge in [0.2, 0.25) is 5.91 Å². The van der Waals surface area contributed by atoms with Crippen molar-refractivity contribution in [2.75, 3.05) is 0 Å². The molecule has 0 saturated heterocycles. The molecule has 0 atom stereocenters. The molecule has 0 fully saturated rings. The van der Waals surface area contributed by atoms with E-state index in [2.05, 4.69) is 0 Å². The Bertz CT molecular complexity index is 1090. The number of benzene rings is 3. The molecule has 4 rings (SSSR count). The summed E-state index contributed by atoms with van der Waals surface area (Å²) in [5.74, 6) is -1.80. The quantitative estimate of drug-likeness (QED) is 0.711. The smallest absolute Gasteiger partial charge is 0.261 e. The first-order chi connectivity index (χ1) is 13.5. The van der Waals surface area contributed by atoms with E-state index in [1.54, 1.807) is 48.5 Å². The standard InChI is InChI=1S/C22H15FN2O3/c23-19-11-13(5-10-16(19)14-6-8-15(9-7-14)20(24)26)12-25-21(27)17-3-1-2-4-18(17)22(25)28/h1-11H,12H2,(H2,24,26). The molecule has 0 saturated carbocycles. The van der Waals surface area contributed by atoms with Gasteiger partial charge in [0.05, 0.1) is 17.7 Å². The third-order valence-corrected chi connectivity index (χ3v) is 4.73. The Hall–Kier alpha value is -3.80. The van der Waals surface area contributed by atoms with Crippen LogP contribution in [-0.2, 0) is 6.54 Å². The number of primary amides is 1. The van der Waals surface area contributed by atoms with Crippen LogP contribution in [0.1, 0.15) is 36.6 Å². The number of hydrogen-bond donors (Lipinski definition) is 1. The van der Waals surface area contributed by atoms with Crippen LogP contribution in [0.15, 0.2) is 66.7 Å². The second-order valence-corrected chi connectivity index (χ2v) is 6.50. The van der Waals surface area contributed by atoms with Crippen molar-refractivity contribution < 1.29 is 18.8 Å². The van der Waals surface area contributed by atoms with Gasteiger partial charge in [-0.3, -0.25) is 19.3 Å². The molecule has 3 aromatic carbocycles. The Morgan fingerprint density at radius 1 is 0.857 bits per heavy atom. The number of hydrogen-bond acceptors (Lipinski definition) is 3. The van der Waals surface area contributed by atoms with Crippen molar-refractivity contribution in [3.05, 3.63) is 94.8 Å². The molecule has 0 unspecified atom stereocenters. The highest BCUT2D eigenvalue weighted by Crippen LogP contribution is 2.27. The molecule has 6 heteroatoms. The zero-order chi connectivity index (χ0) is 19.8. The van der Waals surface area contributed by atoms with Gasteiger partial charge in [-0.2, -0.15) is 0 Å². The van der Waals surface area contributed by atoms with Crippen molar-refractivity contribution in [2.24, 2.45) is 5.73 Å². The predicted molar refractivity (Wildman–Crippen MR) is 101 cm³/mol. The van der Waals surface area contributed by atoms with E-state index < -0.39 is 11.7 Å². The maximum atomic E-state index is 14.6. The number of halogens is 1. The first kappa shape index (κ1) is 17.6. The fraction of sp³-hybridized carbons (Fsp3) is 0.0455. The lowest BCUT2D eigenvalue weighted by Gasteiger charge is -2.14.